The molecule has 0 saturated carbocycles. The number of piperidine rings is 3. The van der Waals surface area contributed by atoms with Gasteiger partial charge in [0.1, 0.15) is 0 Å². The summed E-state index contributed by atoms with van der Waals surface area (Å²) in [4.78, 5) is 18.6. The molecule has 1 aromatic heterocycles. The average molecular weight is 476 g/mol. The van der Waals surface area contributed by atoms with Crippen LogP contribution in [-0.4, -0.2) is 65.7 Å². The lowest BCUT2D eigenvalue weighted by Gasteiger charge is -2.54. The van der Waals surface area contributed by atoms with E-state index >= 15 is 0 Å². The predicted molar refractivity (Wildman–Crippen MR) is 140 cm³/mol. The minimum Gasteiger partial charge on any atom is -0.383 e. The topological polar surface area (TPSA) is 37.7 Å². The molecular formula is C30H41N3O2. The van der Waals surface area contributed by atoms with E-state index < -0.39 is 0 Å². The quantitative estimate of drug-likeness (QED) is 0.527. The lowest BCUT2D eigenvalue weighted by molar-refractivity contribution is -0.136. The molecule has 4 aliphatic rings. The highest BCUT2D eigenvalue weighted by molar-refractivity contribution is 5.84. The fourth-order valence-electron chi connectivity index (χ4n) is 7.72. The first-order valence-electron chi connectivity index (χ1n) is 14.0. The maximum Gasteiger partial charge on any atom is 0.223 e. The van der Waals surface area contributed by atoms with E-state index in [2.05, 4.69) is 50.9 Å². The fraction of sp³-hybridized carbons (Fsp3) is 0.633. The van der Waals surface area contributed by atoms with E-state index in [9.17, 15) is 4.79 Å². The zero-order chi connectivity index (χ0) is 23.8. The molecule has 5 nitrogen and oxygen atoms in total. The van der Waals surface area contributed by atoms with Gasteiger partial charge in [-0.15, -0.1) is 0 Å². The standard InChI is InChI=1S/C30H41N3O2/c1-35-17-16-32-20-23(26-10-2-3-12-28(26)32)8-6-13-29(34)33-15-7-9-22-18-24-19-25(30(22)33)21-31-14-5-4-11-27(24)31/h2-3,10,12,18,20,24-25,27,30H,4-9,11,13-17,19,21H2,1H3. The number of amides is 1. The molecule has 0 radical (unpaired) electrons. The molecule has 4 heterocycles. The first-order chi connectivity index (χ1) is 17.2. The summed E-state index contributed by atoms with van der Waals surface area (Å²) in [6.45, 7) is 4.99. The van der Waals surface area contributed by atoms with Gasteiger partial charge in [-0.25, -0.2) is 0 Å². The lowest BCUT2D eigenvalue weighted by Crippen LogP contribution is -2.60. The second kappa shape index (κ2) is 10.1. The number of carbonyl (C=O) groups excluding carboxylic acids is 1. The van der Waals surface area contributed by atoms with Crippen LogP contribution in [0, 0.1) is 11.8 Å². The van der Waals surface area contributed by atoms with Crippen LogP contribution in [0.4, 0.5) is 0 Å². The molecule has 1 aromatic carbocycles. The molecule has 1 aliphatic carbocycles. The normalized spacial score (nSPS) is 28.5. The van der Waals surface area contributed by atoms with Gasteiger partial charge >= 0.3 is 0 Å². The number of hydrogen-bond acceptors (Lipinski definition) is 3. The first-order valence-corrected chi connectivity index (χ1v) is 14.0. The molecule has 35 heavy (non-hydrogen) atoms. The second-order valence-electron chi connectivity index (χ2n) is 11.3. The van der Waals surface area contributed by atoms with E-state index in [1.54, 1.807) is 12.7 Å². The van der Waals surface area contributed by atoms with Gasteiger partial charge in [0.05, 0.1) is 12.6 Å². The van der Waals surface area contributed by atoms with Gasteiger partial charge in [-0.05, 0) is 75.0 Å². The smallest absolute Gasteiger partial charge is 0.223 e. The van der Waals surface area contributed by atoms with Gasteiger partial charge in [-0.2, -0.15) is 0 Å². The van der Waals surface area contributed by atoms with Crippen molar-refractivity contribution >= 4 is 16.8 Å². The van der Waals surface area contributed by atoms with Gasteiger partial charge in [0.15, 0.2) is 0 Å². The van der Waals surface area contributed by atoms with E-state index in [4.69, 9.17) is 4.74 Å². The molecule has 0 N–H and O–H groups in total. The predicted octanol–water partition coefficient (Wildman–Crippen LogP) is 5.03. The van der Waals surface area contributed by atoms with Gasteiger partial charge in [-0.1, -0.05) is 36.3 Å². The first kappa shape index (κ1) is 23.3. The Hall–Kier alpha value is -2.11. The van der Waals surface area contributed by atoms with E-state index in [1.807, 2.05) is 0 Å². The Morgan fingerprint density at radius 3 is 2.97 bits per heavy atom. The largest absolute Gasteiger partial charge is 0.383 e. The summed E-state index contributed by atoms with van der Waals surface area (Å²) in [5, 5.41) is 1.32. The molecule has 4 atom stereocenters. The number of fused-ring (bicyclic) bond motifs is 7. The van der Waals surface area contributed by atoms with Crippen molar-refractivity contribution in [3.63, 3.8) is 0 Å². The molecule has 4 unspecified atom stereocenters. The molecule has 1 amide bonds. The van der Waals surface area contributed by atoms with E-state index in [-0.39, 0.29) is 0 Å². The summed E-state index contributed by atoms with van der Waals surface area (Å²) in [6, 6.07) is 9.76. The maximum absolute atomic E-state index is 13.6. The number of aryl methyl sites for hydroxylation is 1. The van der Waals surface area contributed by atoms with Gasteiger partial charge < -0.3 is 14.2 Å². The summed E-state index contributed by atoms with van der Waals surface area (Å²) < 4.78 is 7.61. The highest BCUT2D eigenvalue weighted by atomic mass is 16.5. The summed E-state index contributed by atoms with van der Waals surface area (Å²) in [7, 11) is 1.75. The Labute approximate surface area is 210 Å². The summed E-state index contributed by atoms with van der Waals surface area (Å²) in [5.74, 6) is 1.74. The molecule has 2 bridgehead atoms. The number of rotatable bonds is 7. The third-order valence-electron chi connectivity index (χ3n) is 9.22. The van der Waals surface area contributed by atoms with E-state index in [0.717, 1.165) is 44.3 Å². The zero-order valence-corrected chi connectivity index (χ0v) is 21.3. The van der Waals surface area contributed by atoms with E-state index in [1.165, 1.54) is 61.7 Å². The van der Waals surface area contributed by atoms with Crippen molar-refractivity contribution in [3.8, 4) is 0 Å². The van der Waals surface area contributed by atoms with Crippen LogP contribution >= 0.6 is 0 Å². The third-order valence-corrected chi connectivity index (χ3v) is 9.22. The van der Waals surface area contributed by atoms with Gasteiger partial charge in [0.25, 0.3) is 0 Å². The van der Waals surface area contributed by atoms with E-state index in [0.29, 0.717) is 30.9 Å². The SMILES string of the molecule is COCCn1cc(CCCC(=O)N2CCCC3=CC4CC(CN5CCCCC45)C32)c2ccccc21. The van der Waals surface area contributed by atoms with Crippen LogP contribution in [-0.2, 0) is 22.5 Å². The minimum absolute atomic E-state index is 0.367. The van der Waals surface area contributed by atoms with Crippen LogP contribution in [0.3, 0.4) is 0 Å². The number of likely N-dealkylation sites (tertiary alicyclic amines) is 1. The maximum atomic E-state index is 13.6. The number of benzene rings is 1. The molecule has 3 aliphatic heterocycles. The Kier molecular flexibility index (Phi) is 6.72. The molecule has 3 saturated heterocycles. The van der Waals surface area contributed by atoms with Gasteiger partial charge in [-0.3, -0.25) is 9.69 Å². The molecule has 6 rings (SSSR count). The van der Waals surface area contributed by atoms with Gasteiger partial charge in [0.2, 0.25) is 5.91 Å². The van der Waals surface area contributed by atoms with Crippen molar-refractivity contribution in [1.82, 2.24) is 14.4 Å². The highest BCUT2D eigenvalue weighted by Crippen LogP contribution is 2.45. The number of carbonyl (C=O) groups is 1. The van der Waals surface area contributed by atoms with Crippen molar-refractivity contribution in [3.05, 3.63) is 47.7 Å². The van der Waals surface area contributed by atoms with Crippen LogP contribution in [0.1, 0.15) is 56.9 Å². The number of methoxy groups -OCH3 is 1. The number of aromatic nitrogens is 1. The monoisotopic (exact) mass is 475 g/mol. The fourth-order valence-corrected chi connectivity index (χ4v) is 7.72. The van der Waals surface area contributed by atoms with Crippen LogP contribution in [0.25, 0.3) is 10.9 Å². The third kappa shape index (κ3) is 4.46. The summed E-state index contributed by atoms with van der Waals surface area (Å²) in [6.07, 6.45) is 15.2. The molecule has 188 valence electrons. The van der Waals surface area contributed by atoms with Crippen LogP contribution in [0.2, 0.25) is 0 Å². The minimum atomic E-state index is 0.367. The van der Waals surface area contributed by atoms with Crippen LogP contribution in [0.5, 0.6) is 0 Å². The summed E-state index contributed by atoms with van der Waals surface area (Å²) >= 11 is 0. The van der Waals surface area contributed by atoms with Crippen molar-refractivity contribution in [1.29, 1.82) is 0 Å². The van der Waals surface area contributed by atoms with Crippen molar-refractivity contribution in [2.75, 3.05) is 33.4 Å². The molecule has 3 fully saturated rings. The van der Waals surface area contributed by atoms with Crippen molar-refractivity contribution < 1.29 is 9.53 Å². The second-order valence-corrected chi connectivity index (χ2v) is 11.3. The van der Waals surface area contributed by atoms with Crippen LogP contribution < -0.4 is 0 Å². The molecule has 5 heteroatoms. The zero-order valence-electron chi connectivity index (χ0n) is 21.3. The van der Waals surface area contributed by atoms with Crippen molar-refractivity contribution in [2.24, 2.45) is 11.8 Å². The Bertz CT molecular complexity index is 1090. The molecular weight excluding hydrogens is 434 g/mol. The Balaban J connectivity index is 1.13. The van der Waals surface area contributed by atoms with Crippen LogP contribution in [0.15, 0.2) is 42.1 Å². The number of ether oxygens (including phenoxy) is 1. The van der Waals surface area contributed by atoms with Gasteiger partial charge in [0, 0.05) is 56.3 Å². The Morgan fingerprint density at radius 2 is 2.06 bits per heavy atom. The highest BCUT2D eigenvalue weighted by Gasteiger charge is 2.46. The average Bonchev–Trinajstić information content (AvgIpc) is 3.24. The molecule has 2 aromatic rings. The molecule has 0 spiro atoms. The summed E-state index contributed by atoms with van der Waals surface area (Å²) in [5.41, 5.74) is 4.21. The lowest BCUT2D eigenvalue weighted by atomic mass is 9.68. The number of para-hydroxylation sites is 1. The Morgan fingerprint density at radius 1 is 1.14 bits per heavy atom. The van der Waals surface area contributed by atoms with Crippen molar-refractivity contribution in [2.45, 2.75) is 76.4 Å². The number of hydrogen-bond donors (Lipinski definition) is 0. The number of nitrogens with zero attached hydrogens (tertiary/aromatic N) is 3.